The minimum absolute atomic E-state index is 0.0836. The molecule has 0 atom stereocenters. The van der Waals surface area contributed by atoms with Crippen LogP contribution in [-0.4, -0.2) is 40.8 Å². The third-order valence-electron chi connectivity index (χ3n) is 3.72. The van der Waals surface area contributed by atoms with E-state index in [9.17, 15) is 4.79 Å². The topological polar surface area (TPSA) is 56.6 Å². The van der Waals surface area contributed by atoms with Crippen LogP contribution in [0.3, 0.4) is 0 Å². The van der Waals surface area contributed by atoms with Gasteiger partial charge in [0.1, 0.15) is 0 Å². The molecule has 0 unspecified atom stereocenters. The lowest BCUT2D eigenvalue weighted by Gasteiger charge is -2.19. The summed E-state index contributed by atoms with van der Waals surface area (Å²) in [5.74, 6) is 1.15. The monoisotopic (exact) mass is 409 g/mol. The molecule has 0 saturated heterocycles. The fraction of sp³-hybridized carbons (Fsp3) is 0.444. The van der Waals surface area contributed by atoms with Crippen LogP contribution in [0, 0.1) is 0 Å². The Balaban J connectivity index is 2.21. The molecule has 25 heavy (non-hydrogen) atoms. The highest BCUT2D eigenvalue weighted by molar-refractivity contribution is 9.10. The average Bonchev–Trinajstić information content (AvgIpc) is 2.96. The van der Waals surface area contributed by atoms with Crippen LogP contribution in [0.5, 0.6) is 11.5 Å². The van der Waals surface area contributed by atoms with E-state index in [1.165, 1.54) is 0 Å². The molecule has 1 aromatic heterocycles. The van der Waals surface area contributed by atoms with Crippen molar-refractivity contribution in [2.24, 2.45) is 0 Å². The second kappa shape index (κ2) is 8.89. The molecule has 0 radical (unpaired) electrons. The molecular weight excluding hydrogens is 386 g/mol. The minimum Gasteiger partial charge on any atom is -0.490 e. The van der Waals surface area contributed by atoms with E-state index in [2.05, 4.69) is 21.0 Å². The van der Waals surface area contributed by atoms with Gasteiger partial charge in [-0.3, -0.25) is 9.48 Å². The Morgan fingerprint density at radius 2 is 1.88 bits per heavy atom. The summed E-state index contributed by atoms with van der Waals surface area (Å²) in [5, 5.41) is 4.29. The van der Waals surface area contributed by atoms with E-state index in [1.54, 1.807) is 36.3 Å². The number of nitrogens with zero attached hydrogens (tertiary/aromatic N) is 3. The fourth-order valence-electron chi connectivity index (χ4n) is 2.52. The normalized spacial score (nSPS) is 10.6. The van der Waals surface area contributed by atoms with Gasteiger partial charge < -0.3 is 14.4 Å². The SMILES string of the molecule is CCOc1ccc(C(=O)N(C)Cc2c(Br)cnn2CC)cc1OCC. The van der Waals surface area contributed by atoms with Crippen LogP contribution in [0.4, 0.5) is 0 Å². The predicted octanol–water partition coefficient (Wildman–Crippen LogP) is 3.74. The number of hydrogen-bond acceptors (Lipinski definition) is 4. The van der Waals surface area contributed by atoms with E-state index < -0.39 is 0 Å². The lowest BCUT2D eigenvalue weighted by atomic mass is 10.1. The summed E-state index contributed by atoms with van der Waals surface area (Å²) < 4.78 is 13.9. The van der Waals surface area contributed by atoms with Crippen molar-refractivity contribution in [2.45, 2.75) is 33.9 Å². The van der Waals surface area contributed by atoms with Crippen LogP contribution in [0.1, 0.15) is 36.8 Å². The zero-order chi connectivity index (χ0) is 18.4. The Kier molecular flexibility index (Phi) is 6.87. The third kappa shape index (κ3) is 4.54. The number of amides is 1. The Bertz CT molecular complexity index is 730. The molecule has 1 amide bonds. The quantitative estimate of drug-likeness (QED) is 0.666. The molecule has 6 nitrogen and oxygen atoms in total. The van der Waals surface area contributed by atoms with Crippen LogP contribution < -0.4 is 9.47 Å². The van der Waals surface area contributed by atoms with Crippen LogP contribution in [0.15, 0.2) is 28.9 Å². The zero-order valence-corrected chi connectivity index (χ0v) is 16.7. The zero-order valence-electron chi connectivity index (χ0n) is 15.1. The molecule has 0 spiro atoms. The van der Waals surface area contributed by atoms with Gasteiger partial charge in [-0.05, 0) is 54.9 Å². The maximum absolute atomic E-state index is 12.8. The molecule has 1 aromatic carbocycles. The number of ether oxygens (including phenoxy) is 2. The van der Waals surface area contributed by atoms with Crippen molar-refractivity contribution < 1.29 is 14.3 Å². The van der Waals surface area contributed by atoms with Gasteiger partial charge in [0, 0.05) is 19.2 Å². The van der Waals surface area contributed by atoms with E-state index in [0.717, 1.165) is 16.7 Å². The molecule has 0 saturated carbocycles. The molecule has 0 aliphatic heterocycles. The van der Waals surface area contributed by atoms with Crippen molar-refractivity contribution in [3.63, 3.8) is 0 Å². The summed E-state index contributed by atoms with van der Waals surface area (Å²) in [6.45, 7) is 8.10. The highest BCUT2D eigenvalue weighted by Crippen LogP contribution is 2.29. The Morgan fingerprint density at radius 1 is 1.20 bits per heavy atom. The van der Waals surface area contributed by atoms with Crippen molar-refractivity contribution in [3.8, 4) is 11.5 Å². The number of hydrogen-bond donors (Lipinski definition) is 0. The Hall–Kier alpha value is -2.02. The molecule has 0 bridgehead atoms. The summed E-state index contributed by atoms with van der Waals surface area (Å²) in [4.78, 5) is 14.5. The highest BCUT2D eigenvalue weighted by Gasteiger charge is 2.18. The summed E-state index contributed by atoms with van der Waals surface area (Å²) >= 11 is 3.49. The highest BCUT2D eigenvalue weighted by atomic mass is 79.9. The molecule has 0 aliphatic carbocycles. The van der Waals surface area contributed by atoms with Crippen molar-refractivity contribution in [3.05, 3.63) is 40.1 Å². The van der Waals surface area contributed by atoms with Crippen LogP contribution in [0.25, 0.3) is 0 Å². The number of rotatable bonds is 8. The number of aromatic nitrogens is 2. The number of carbonyl (C=O) groups excluding carboxylic acids is 1. The van der Waals surface area contributed by atoms with Crippen molar-refractivity contribution in [2.75, 3.05) is 20.3 Å². The van der Waals surface area contributed by atoms with Crippen LogP contribution in [0.2, 0.25) is 0 Å². The lowest BCUT2D eigenvalue weighted by molar-refractivity contribution is 0.0780. The van der Waals surface area contributed by atoms with E-state index in [-0.39, 0.29) is 5.91 Å². The molecular formula is C18H24BrN3O3. The number of carbonyl (C=O) groups is 1. The fourth-order valence-corrected chi connectivity index (χ4v) is 2.94. The molecule has 1 heterocycles. The summed E-state index contributed by atoms with van der Waals surface area (Å²) in [5.41, 5.74) is 1.53. The van der Waals surface area contributed by atoms with Crippen molar-refractivity contribution in [1.82, 2.24) is 14.7 Å². The maximum Gasteiger partial charge on any atom is 0.254 e. The molecule has 2 aromatic rings. The lowest BCUT2D eigenvalue weighted by Crippen LogP contribution is -2.27. The van der Waals surface area contributed by atoms with E-state index in [4.69, 9.17) is 9.47 Å². The number of aryl methyl sites for hydroxylation is 1. The summed E-state index contributed by atoms with van der Waals surface area (Å²) in [6.07, 6.45) is 1.75. The van der Waals surface area contributed by atoms with Gasteiger partial charge in [0.05, 0.1) is 36.1 Å². The maximum atomic E-state index is 12.8. The minimum atomic E-state index is -0.0836. The van der Waals surface area contributed by atoms with Gasteiger partial charge in [0.25, 0.3) is 5.91 Å². The number of halogens is 1. The molecule has 0 fully saturated rings. The molecule has 7 heteroatoms. The van der Waals surface area contributed by atoms with Gasteiger partial charge in [-0.15, -0.1) is 0 Å². The molecule has 2 rings (SSSR count). The second-order valence-electron chi connectivity index (χ2n) is 5.44. The predicted molar refractivity (Wildman–Crippen MR) is 100 cm³/mol. The van der Waals surface area contributed by atoms with E-state index in [1.807, 2.05) is 25.5 Å². The first kappa shape index (κ1) is 19.3. The molecule has 136 valence electrons. The largest absolute Gasteiger partial charge is 0.490 e. The van der Waals surface area contributed by atoms with Crippen LogP contribution in [-0.2, 0) is 13.1 Å². The van der Waals surface area contributed by atoms with E-state index >= 15 is 0 Å². The first-order chi connectivity index (χ1) is 12.0. The summed E-state index contributed by atoms with van der Waals surface area (Å²) in [7, 11) is 1.78. The van der Waals surface area contributed by atoms with Crippen LogP contribution >= 0.6 is 15.9 Å². The van der Waals surface area contributed by atoms with Gasteiger partial charge in [-0.25, -0.2) is 0 Å². The van der Waals surface area contributed by atoms with E-state index in [0.29, 0.717) is 36.8 Å². The molecule has 0 aliphatic rings. The van der Waals surface area contributed by atoms with Gasteiger partial charge in [0.15, 0.2) is 11.5 Å². The van der Waals surface area contributed by atoms with Gasteiger partial charge in [-0.1, -0.05) is 0 Å². The first-order valence-corrected chi connectivity index (χ1v) is 9.16. The second-order valence-corrected chi connectivity index (χ2v) is 6.30. The van der Waals surface area contributed by atoms with Crippen molar-refractivity contribution in [1.29, 1.82) is 0 Å². The smallest absolute Gasteiger partial charge is 0.254 e. The third-order valence-corrected chi connectivity index (χ3v) is 4.38. The Morgan fingerprint density at radius 3 is 2.52 bits per heavy atom. The van der Waals surface area contributed by atoms with Gasteiger partial charge >= 0.3 is 0 Å². The Labute approximate surface area is 156 Å². The average molecular weight is 410 g/mol. The first-order valence-electron chi connectivity index (χ1n) is 8.37. The van der Waals surface area contributed by atoms with Crippen molar-refractivity contribution >= 4 is 21.8 Å². The van der Waals surface area contributed by atoms with Gasteiger partial charge in [-0.2, -0.15) is 5.10 Å². The van der Waals surface area contributed by atoms with Gasteiger partial charge in [0.2, 0.25) is 0 Å². The summed E-state index contributed by atoms with van der Waals surface area (Å²) in [6, 6.07) is 5.28. The standard InChI is InChI=1S/C18H24BrN3O3/c1-5-22-15(14(19)11-20-22)12-21(4)18(23)13-8-9-16(24-6-2)17(10-13)25-7-3/h8-11H,5-7,12H2,1-4H3. The molecule has 0 N–H and O–H groups in total. The number of benzene rings is 1.